The Morgan fingerprint density at radius 2 is 0.822 bits per heavy atom. The summed E-state index contributed by atoms with van der Waals surface area (Å²) in [6.45, 7) is 19.7. The molecule has 0 bridgehead atoms. The Bertz CT molecular complexity index is 4860. The van der Waals surface area contributed by atoms with Crippen LogP contribution in [0.15, 0.2) is 149 Å². The van der Waals surface area contributed by atoms with Gasteiger partial charge in [-0.25, -0.2) is 8.42 Å². The number of aryl methyl sites for hydroxylation is 4. The molecular weight excluding hydrogens is 2040 g/mol. The Labute approximate surface area is 809 Å². The van der Waals surface area contributed by atoms with Gasteiger partial charge in [0.1, 0.15) is 32.7 Å². The van der Waals surface area contributed by atoms with E-state index >= 15 is 0 Å². The number of azide groups is 2. The van der Waals surface area contributed by atoms with Gasteiger partial charge in [-0.1, -0.05) is 165 Å². The van der Waals surface area contributed by atoms with Crippen LogP contribution in [0.25, 0.3) is 32.8 Å². The number of halogens is 3. The molecule has 0 aliphatic heterocycles. The van der Waals surface area contributed by atoms with E-state index < -0.39 is 27.2 Å². The van der Waals surface area contributed by atoms with Crippen molar-refractivity contribution in [3.8, 4) is 0 Å². The van der Waals surface area contributed by atoms with Gasteiger partial charge in [0, 0.05) is 73.0 Å². The largest absolute Gasteiger partial charge is 3.00 e. The smallest absolute Gasteiger partial charge is 0.693 e. The molecule has 5 aliphatic rings. The van der Waals surface area contributed by atoms with Gasteiger partial charge in [0.25, 0.3) is 0 Å². The molecule has 5 aromatic heterocycles. The van der Waals surface area contributed by atoms with Crippen molar-refractivity contribution in [3.05, 3.63) is 264 Å². The zero-order valence-electron chi connectivity index (χ0n) is 72.3. The fourth-order valence-electron chi connectivity index (χ4n) is 14.7. The molecule has 39 heteroatoms. The quantitative estimate of drug-likeness (QED) is 0.00930. The second-order valence-electron chi connectivity index (χ2n) is 28.7. The number of hydrogen-bond donors (Lipinski definition) is 2. The number of nitrogens with two attached hydrogens (primary N) is 2. The van der Waals surface area contributed by atoms with Gasteiger partial charge in [0.2, 0.25) is 0 Å². The number of benzene rings is 4. The SMILES string of the molecule is C.C.C.C.CCOC(=O)Cn1ncc2c1CCCC2=O.CCOC(=O)Cn1ncc2c1CCC[C@@H]2N=[N+]=[N-].CCOC(=O)Cn1ncc2c1CCC[C@@H]2O.CCOC(=O)Cn1ncc2c1CCC[C@H]2N.CCOC(=O)Cn1ncc2c1CCC[C@H]2N=[N+]=[N-].Cc1cc(C)cc(C)c1.Cc1ccc(S(=O)(=O)[C@@H](c2ccccc2)[C@@H]([NH-])c2ccccc2)cc1.Cl.[CH3-].[I][V][I].[NH2-].[Ru+3]. The summed E-state index contributed by atoms with van der Waals surface area (Å²) in [6, 6.07) is 30.4. The standard InChI is InChI=1S/C21H20NO2S.2C11H15N5O2.C11H17N3O2.C11H16N2O3.C11H14N2O3.C9H12.4CH4.CH3.ClH.2HI.H2N.Ru.V/c1-16-12-14-19(15-13-16)25(23,24)21(18-10-6-3-7-11-18)20(22)17-8-4-2-5-9-17;2*1-2-18-11(17)7-16-10-5-3-4-9(14-15-12)8(10)6-13-16;1-2-16-11(15)7-14-10-5-3-4-9(12)8(10)6-13-14;2*1-2-16-11(15)7-13-9-4-3-5-10(14)8(9)6-12-13;1-7-4-8(2)6-9(3)5-7;;;;;;;;;;;/h2-15,20-22H,1H3;2*6,9H,2-5,7H2,1H3;6,9H,2-5,7,12H2,1H3;6,10,14H,2-5,7H2,1H3;6H,2-5,7H2,1H3;4-6H,1-3H3;4*1H4;1H3;3*1H;1H2;;/q-1;;;;;;;;;;;-1;;;;-1;+3;+2/p-2/t20-,21-;3*9-;10-;;;;;;;;;;;;;/m01010............./s1. The predicted octanol–water partition coefficient (Wildman–Crippen LogP) is 20.6. The molecule has 33 nitrogen and oxygen atoms in total. The van der Waals surface area contributed by atoms with E-state index in [0.717, 1.165) is 146 Å². The van der Waals surface area contributed by atoms with Gasteiger partial charge >= 0.3 is 98.7 Å². The molecule has 6 atom stereocenters. The van der Waals surface area contributed by atoms with E-state index in [2.05, 4.69) is 124 Å². The first-order chi connectivity index (χ1) is 58.3. The molecule has 710 valence electrons. The summed E-state index contributed by atoms with van der Waals surface area (Å²) in [5.74, 6) is -1.31. The average Bonchev–Trinajstić information content (AvgIpc) is 0.998. The molecule has 0 fully saturated rings. The summed E-state index contributed by atoms with van der Waals surface area (Å²) >= 11 is 4.74. The molecule has 0 unspecified atom stereocenters. The van der Waals surface area contributed by atoms with E-state index in [1.165, 1.54) is 16.7 Å². The number of aromatic nitrogens is 10. The maximum Gasteiger partial charge on any atom is 3.00 e. The van der Waals surface area contributed by atoms with Crippen molar-refractivity contribution in [1.82, 2.24) is 48.9 Å². The minimum atomic E-state index is -3.71. The van der Waals surface area contributed by atoms with Gasteiger partial charge < -0.3 is 53.8 Å². The summed E-state index contributed by atoms with van der Waals surface area (Å²) in [4.78, 5) is 74.4. The van der Waals surface area contributed by atoms with Crippen LogP contribution in [0.2, 0.25) is 0 Å². The summed E-state index contributed by atoms with van der Waals surface area (Å²) in [7, 11) is -3.08. The van der Waals surface area contributed by atoms with Gasteiger partial charge in [-0.05, 0) is 181 Å². The molecule has 0 saturated carbocycles. The number of fused-ring (bicyclic) bond motifs is 5. The van der Waals surface area contributed by atoms with Crippen LogP contribution < -0.4 is 5.73 Å². The average molecular weight is 2180 g/mol. The number of nitrogens with one attached hydrogen (secondary N) is 1. The second kappa shape index (κ2) is 64.2. The van der Waals surface area contributed by atoms with Gasteiger partial charge in [-0.2, -0.15) is 25.5 Å². The van der Waals surface area contributed by atoms with Gasteiger partial charge in [-0.3, -0.25) is 52.2 Å². The Morgan fingerprint density at radius 1 is 0.504 bits per heavy atom. The van der Waals surface area contributed by atoms with Crippen LogP contribution >= 0.6 is 52.4 Å². The van der Waals surface area contributed by atoms with Crippen molar-refractivity contribution < 1.29 is 94.9 Å². The van der Waals surface area contributed by atoms with Gasteiger partial charge in [-0.15, -0.1) is 12.4 Å². The Hall–Kier alpha value is -8.68. The third-order valence-electron chi connectivity index (χ3n) is 20.0. The molecule has 9 aromatic rings. The number of aliphatic hydroxyl groups is 1. The normalized spacial score (nSPS) is 15.0. The number of ketones is 1. The number of carbonyl (C=O) groups is 6. The number of carbonyl (C=O) groups excluding carboxylic acids is 6. The van der Waals surface area contributed by atoms with Crippen molar-refractivity contribution in [2.45, 2.75) is 261 Å². The molecule has 4 aromatic carbocycles. The number of rotatable bonds is 22. The number of esters is 5. The second-order valence-corrected chi connectivity index (χ2v) is 42.6. The van der Waals surface area contributed by atoms with Crippen LogP contribution in [-0.2, 0) is 151 Å². The van der Waals surface area contributed by atoms with Crippen LogP contribution in [0.4, 0.5) is 0 Å². The number of ether oxygens (including phenoxy) is 5. The Balaban J connectivity index is 0. The zero-order valence-corrected chi connectivity index (χ0v) is 81.4. The van der Waals surface area contributed by atoms with Crippen LogP contribution in [0.3, 0.4) is 0 Å². The topological polar surface area (TPSA) is 473 Å². The number of hydrogen-bond acceptors (Lipinski definition) is 22. The molecule has 6 N–H and O–H groups in total. The first kappa shape index (κ1) is 122. The van der Waals surface area contributed by atoms with E-state index in [0.29, 0.717) is 65.6 Å². The summed E-state index contributed by atoms with van der Waals surface area (Å²) < 4.78 is 59.3. The van der Waals surface area contributed by atoms with E-state index in [-0.39, 0.29) is 167 Å². The third-order valence-corrected chi connectivity index (χ3v) is 22.2. The number of sulfone groups is 1. The molecule has 129 heavy (non-hydrogen) atoms. The van der Waals surface area contributed by atoms with Crippen molar-refractivity contribution in [3.63, 3.8) is 0 Å². The van der Waals surface area contributed by atoms with E-state index in [4.69, 9.17) is 46.2 Å². The van der Waals surface area contributed by atoms with Gasteiger partial charge in [0.05, 0.1) is 97.9 Å². The van der Waals surface area contributed by atoms with Crippen LogP contribution in [0, 0.1) is 35.1 Å². The fourth-order valence-corrected chi connectivity index (χ4v) is 16.5. The summed E-state index contributed by atoms with van der Waals surface area (Å²) in [5, 5.41) is 37.1. The molecule has 1 radical (unpaired) electrons. The first-order valence-electron chi connectivity index (χ1n) is 40.4. The van der Waals surface area contributed by atoms with E-state index in [1.807, 2.05) is 43.3 Å². The number of nitrogens with zero attached hydrogens (tertiary/aromatic N) is 16. The minimum Gasteiger partial charge on any atom is -0.693 e. The van der Waals surface area contributed by atoms with Gasteiger partial charge in [0.15, 0.2) is 15.6 Å². The predicted molar refractivity (Wildman–Crippen MR) is 515 cm³/mol. The monoisotopic (exact) mass is 2180 g/mol. The number of aliphatic hydroxyl groups excluding tert-OH is 1. The molecule has 14 rings (SSSR count). The van der Waals surface area contributed by atoms with Crippen LogP contribution in [0.5, 0.6) is 0 Å². The molecule has 0 saturated heterocycles. The summed E-state index contributed by atoms with van der Waals surface area (Å²) in [5.41, 5.74) is 47.4. The fraction of sp³-hybridized carbons (Fsp3) is 0.489. The first-order valence-corrected chi connectivity index (χ1v) is 51.0. The maximum atomic E-state index is 13.3. The molecule has 0 spiro atoms. The Morgan fingerprint density at radius 3 is 1.20 bits per heavy atom. The summed E-state index contributed by atoms with van der Waals surface area (Å²) in [6.07, 6.45) is 21.0. The van der Waals surface area contributed by atoms with E-state index in [9.17, 15) is 42.3 Å². The Kier molecular flexibility index (Phi) is 60.9. The van der Waals surface area contributed by atoms with E-state index in [1.54, 1.807) is 138 Å². The van der Waals surface area contributed by atoms with Crippen molar-refractivity contribution in [2.75, 3.05) is 33.0 Å². The third kappa shape index (κ3) is 37.5. The molecule has 5 heterocycles. The molecule has 0 amide bonds. The van der Waals surface area contributed by atoms with Crippen LogP contribution in [-0.4, -0.2) is 131 Å². The van der Waals surface area contributed by atoms with Crippen LogP contribution in [0.1, 0.15) is 259 Å². The molecule has 5 aliphatic carbocycles. The maximum absolute atomic E-state index is 13.3. The van der Waals surface area contributed by atoms with Crippen molar-refractivity contribution in [2.24, 2.45) is 16.0 Å². The molecular formula is C90H131ClI2N19O14RuSV. The minimum absolute atomic E-state index is 0. The zero-order chi connectivity index (χ0) is 88.0. The van der Waals surface area contributed by atoms with Crippen molar-refractivity contribution >= 4 is 97.8 Å². The van der Waals surface area contributed by atoms with Crippen molar-refractivity contribution in [1.29, 1.82) is 0 Å². The number of Topliss-reactive ketones (excluding diaryl/α,β-unsaturated/α-hetero) is 1.